The highest BCUT2D eigenvalue weighted by atomic mass is 16.5. The molecule has 6 heteroatoms. The molecule has 0 aromatic carbocycles. The number of hydrogen-bond acceptors (Lipinski definition) is 4. The van der Waals surface area contributed by atoms with E-state index in [-0.39, 0.29) is 5.91 Å². The Bertz CT molecular complexity index is 481. The van der Waals surface area contributed by atoms with Crippen LogP contribution in [0.15, 0.2) is 9.32 Å². The number of nitrogens with one attached hydrogen (secondary N) is 1. The lowest BCUT2D eigenvalue weighted by Gasteiger charge is -2.27. The third-order valence-corrected chi connectivity index (χ3v) is 4.13. The molecular formula is C12H17N3O3. The highest BCUT2D eigenvalue weighted by molar-refractivity contribution is 5.76. The Balaban J connectivity index is 1.43. The molecule has 18 heavy (non-hydrogen) atoms. The van der Waals surface area contributed by atoms with Gasteiger partial charge in [0.2, 0.25) is 5.91 Å². The Morgan fingerprint density at radius 2 is 2.11 bits per heavy atom. The van der Waals surface area contributed by atoms with E-state index >= 15 is 0 Å². The summed E-state index contributed by atoms with van der Waals surface area (Å²) in [6.45, 7) is 1.90. The number of carbonyl (C=O) groups excluding carboxylic acids is 1. The summed E-state index contributed by atoms with van der Waals surface area (Å²) in [6.07, 6.45) is 4.38. The van der Waals surface area contributed by atoms with Gasteiger partial charge in [-0.05, 0) is 31.1 Å². The van der Waals surface area contributed by atoms with Crippen LogP contribution in [0, 0.1) is 11.8 Å². The van der Waals surface area contributed by atoms with Crippen molar-refractivity contribution in [2.24, 2.45) is 11.8 Å². The standard InChI is InChI=1S/C12H17N3O3/c16-11(15-6-8-4-5-9(8)7-15)3-1-2-10-13-12(17)18-14-10/h8-9H,1-7H2,(H,13,14,17)/t8-,9+. The summed E-state index contributed by atoms with van der Waals surface area (Å²) in [6, 6.07) is 0. The predicted octanol–water partition coefficient (Wildman–Crippen LogP) is 0.554. The maximum atomic E-state index is 12.0. The first kappa shape index (κ1) is 11.5. The number of carbonyl (C=O) groups is 1. The van der Waals surface area contributed by atoms with E-state index in [2.05, 4.69) is 14.7 Å². The summed E-state index contributed by atoms with van der Waals surface area (Å²) >= 11 is 0. The zero-order valence-corrected chi connectivity index (χ0v) is 10.2. The summed E-state index contributed by atoms with van der Waals surface area (Å²) in [4.78, 5) is 27.2. The zero-order valence-electron chi connectivity index (χ0n) is 10.2. The van der Waals surface area contributed by atoms with Gasteiger partial charge in [0.1, 0.15) is 0 Å². The molecule has 2 atom stereocenters. The molecule has 0 unspecified atom stereocenters. The number of aryl methyl sites for hydroxylation is 1. The second kappa shape index (κ2) is 4.59. The van der Waals surface area contributed by atoms with Gasteiger partial charge in [-0.25, -0.2) is 4.79 Å². The van der Waals surface area contributed by atoms with Crippen LogP contribution in [0.2, 0.25) is 0 Å². The lowest BCUT2D eigenvalue weighted by Crippen LogP contribution is -2.28. The van der Waals surface area contributed by atoms with E-state index in [9.17, 15) is 9.59 Å². The van der Waals surface area contributed by atoms with E-state index in [1.165, 1.54) is 12.8 Å². The first-order valence-electron chi connectivity index (χ1n) is 6.55. The first-order chi connectivity index (χ1) is 8.72. The number of fused-ring (bicyclic) bond motifs is 1. The summed E-state index contributed by atoms with van der Waals surface area (Å²) in [5.74, 6) is 1.75. The molecule has 1 aliphatic heterocycles. The van der Waals surface area contributed by atoms with Crippen molar-refractivity contribution in [3.8, 4) is 0 Å². The molecule has 6 nitrogen and oxygen atoms in total. The van der Waals surface area contributed by atoms with Gasteiger partial charge in [0.25, 0.3) is 0 Å². The van der Waals surface area contributed by atoms with Gasteiger partial charge in [0.15, 0.2) is 5.82 Å². The van der Waals surface area contributed by atoms with E-state index in [1.807, 2.05) is 4.90 Å². The fourth-order valence-electron chi connectivity index (χ4n) is 2.90. The minimum Gasteiger partial charge on any atom is -0.342 e. The fourth-order valence-corrected chi connectivity index (χ4v) is 2.90. The number of likely N-dealkylation sites (tertiary alicyclic amines) is 1. The predicted molar refractivity (Wildman–Crippen MR) is 62.9 cm³/mol. The summed E-state index contributed by atoms with van der Waals surface area (Å²) in [5, 5.41) is 3.58. The Hall–Kier alpha value is -1.59. The SMILES string of the molecule is O=C(CCCc1noc(=O)[nH]1)N1C[C@H]2CC[C@H]2C1. The minimum absolute atomic E-state index is 0.232. The topological polar surface area (TPSA) is 79.2 Å². The molecule has 3 rings (SSSR count). The van der Waals surface area contributed by atoms with Crippen LogP contribution in [0.1, 0.15) is 31.5 Å². The summed E-state index contributed by atoms with van der Waals surface area (Å²) in [5.41, 5.74) is 0. The highest BCUT2D eigenvalue weighted by Gasteiger charge is 2.40. The zero-order chi connectivity index (χ0) is 12.5. The van der Waals surface area contributed by atoms with Gasteiger partial charge >= 0.3 is 5.76 Å². The maximum Gasteiger partial charge on any atom is 0.438 e. The van der Waals surface area contributed by atoms with Gasteiger partial charge in [0.05, 0.1) is 0 Å². The van der Waals surface area contributed by atoms with E-state index in [1.54, 1.807) is 0 Å². The second-order valence-electron chi connectivity index (χ2n) is 5.29. The van der Waals surface area contributed by atoms with Crippen LogP contribution in [-0.4, -0.2) is 34.0 Å². The van der Waals surface area contributed by atoms with Crippen LogP contribution >= 0.6 is 0 Å². The fraction of sp³-hybridized carbons (Fsp3) is 0.750. The lowest BCUT2D eigenvalue weighted by molar-refractivity contribution is -0.130. The maximum absolute atomic E-state index is 12.0. The van der Waals surface area contributed by atoms with Crippen LogP contribution in [0.3, 0.4) is 0 Å². The van der Waals surface area contributed by atoms with E-state index in [0.29, 0.717) is 25.1 Å². The van der Waals surface area contributed by atoms with Crippen molar-refractivity contribution in [2.45, 2.75) is 32.1 Å². The molecule has 2 aliphatic rings. The molecule has 2 fully saturated rings. The normalized spacial score (nSPS) is 25.9. The number of hydrogen-bond donors (Lipinski definition) is 1. The molecule has 1 saturated carbocycles. The molecule has 1 amide bonds. The number of nitrogens with zero attached hydrogens (tertiary/aromatic N) is 2. The molecule has 0 spiro atoms. The number of amides is 1. The highest BCUT2D eigenvalue weighted by Crippen LogP contribution is 2.40. The second-order valence-corrected chi connectivity index (χ2v) is 5.29. The van der Waals surface area contributed by atoms with Crippen molar-refractivity contribution in [3.63, 3.8) is 0 Å². The summed E-state index contributed by atoms with van der Waals surface area (Å²) in [7, 11) is 0. The van der Waals surface area contributed by atoms with Crippen molar-refractivity contribution in [2.75, 3.05) is 13.1 Å². The average Bonchev–Trinajstić information content (AvgIpc) is 2.84. The molecule has 2 heterocycles. The van der Waals surface area contributed by atoms with Crippen molar-refractivity contribution >= 4 is 5.91 Å². The third kappa shape index (κ3) is 2.19. The molecule has 1 aromatic heterocycles. The van der Waals surface area contributed by atoms with Crippen LogP contribution in [0.5, 0.6) is 0 Å². The molecular weight excluding hydrogens is 234 g/mol. The van der Waals surface area contributed by atoms with Gasteiger partial charge in [-0.3, -0.25) is 14.3 Å². The van der Waals surface area contributed by atoms with Gasteiger partial charge in [-0.2, -0.15) is 0 Å². The molecule has 1 aliphatic carbocycles. The first-order valence-corrected chi connectivity index (χ1v) is 6.55. The Labute approximate surface area is 104 Å². The molecule has 0 bridgehead atoms. The molecule has 98 valence electrons. The third-order valence-electron chi connectivity index (χ3n) is 4.13. The van der Waals surface area contributed by atoms with E-state index in [4.69, 9.17) is 0 Å². The quantitative estimate of drug-likeness (QED) is 0.847. The van der Waals surface area contributed by atoms with Crippen LogP contribution in [0.25, 0.3) is 0 Å². The largest absolute Gasteiger partial charge is 0.438 e. The summed E-state index contributed by atoms with van der Waals surface area (Å²) < 4.78 is 4.40. The van der Waals surface area contributed by atoms with Crippen molar-refractivity contribution in [3.05, 3.63) is 16.4 Å². The number of aromatic nitrogens is 2. The van der Waals surface area contributed by atoms with Gasteiger partial charge in [0, 0.05) is 25.9 Å². The molecule has 1 saturated heterocycles. The molecule has 1 aromatic rings. The van der Waals surface area contributed by atoms with Crippen molar-refractivity contribution < 1.29 is 9.32 Å². The monoisotopic (exact) mass is 251 g/mol. The number of rotatable bonds is 4. The van der Waals surface area contributed by atoms with Gasteiger partial charge in [-0.1, -0.05) is 5.16 Å². The van der Waals surface area contributed by atoms with Crippen LogP contribution in [-0.2, 0) is 11.2 Å². The number of aromatic amines is 1. The smallest absolute Gasteiger partial charge is 0.342 e. The van der Waals surface area contributed by atoms with Gasteiger partial charge < -0.3 is 4.90 Å². The lowest BCUT2D eigenvalue weighted by atomic mass is 9.77. The molecule has 0 radical (unpaired) electrons. The number of H-pyrrole nitrogens is 1. The van der Waals surface area contributed by atoms with Crippen LogP contribution < -0.4 is 5.76 Å². The minimum atomic E-state index is -0.535. The molecule has 1 N–H and O–H groups in total. The van der Waals surface area contributed by atoms with Crippen molar-refractivity contribution in [1.82, 2.24) is 15.0 Å². The Kier molecular flexibility index (Phi) is 2.93. The van der Waals surface area contributed by atoms with E-state index in [0.717, 1.165) is 24.9 Å². The van der Waals surface area contributed by atoms with Gasteiger partial charge in [-0.15, -0.1) is 0 Å². The van der Waals surface area contributed by atoms with Crippen LogP contribution in [0.4, 0.5) is 0 Å². The Morgan fingerprint density at radius 3 is 2.67 bits per heavy atom. The average molecular weight is 251 g/mol. The van der Waals surface area contributed by atoms with Crippen molar-refractivity contribution in [1.29, 1.82) is 0 Å². The Morgan fingerprint density at radius 1 is 1.39 bits per heavy atom. The van der Waals surface area contributed by atoms with E-state index < -0.39 is 5.76 Å².